The van der Waals surface area contributed by atoms with Gasteiger partial charge in [0.05, 0.1) is 12.7 Å². The minimum Gasteiger partial charge on any atom is -0.444 e. The number of alkyl halides is 2. The van der Waals surface area contributed by atoms with Gasteiger partial charge in [-0.25, -0.2) is 9.48 Å². The molecule has 39 heavy (non-hydrogen) atoms. The molecule has 0 N–H and O–H groups in total. The van der Waals surface area contributed by atoms with E-state index in [0.29, 0.717) is 38.3 Å². The third-order valence-corrected chi connectivity index (χ3v) is 6.15. The molecule has 1 aliphatic rings. The van der Waals surface area contributed by atoms with Gasteiger partial charge in [0.15, 0.2) is 0 Å². The topological polar surface area (TPSA) is 102 Å². The van der Waals surface area contributed by atoms with E-state index in [4.69, 9.17) is 9.15 Å². The van der Waals surface area contributed by atoms with Gasteiger partial charge in [-0.1, -0.05) is 29.5 Å². The molecule has 0 atom stereocenters. The zero-order valence-electron chi connectivity index (χ0n) is 21.9. The van der Waals surface area contributed by atoms with Crippen molar-refractivity contribution in [2.24, 2.45) is 0 Å². The highest BCUT2D eigenvalue weighted by molar-refractivity contribution is 5.69. The van der Waals surface area contributed by atoms with E-state index < -0.39 is 17.9 Å². The summed E-state index contributed by atoms with van der Waals surface area (Å²) >= 11 is 0. The van der Waals surface area contributed by atoms with Crippen LogP contribution < -0.4 is 4.90 Å². The Bertz CT molecular complexity index is 1420. The number of carbonyl (C=O) groups excluding carboxylic acids is 1. The lowest BCUT2D eigenvalue weighted by molar-refractivity contribution is 0.0240. The number of carbonyl (C=O) groups is 1. The number of hydrogen-bond acceptors (Lipinski definition) is 8. The van der Waals surface area contributed by atoms with E-state index in [2.05, 4.69) is 31.5 Å². The van der Waals surface area contributed by atoms with Crippen molar-refractivity contribution in [3.8, 4) is 22.7 Å². The number of ether oxygens (including phenoxy) is 1. The average molecular weight is 538 g/mol. The molecule has 0 aliphatic carbocycles. The summed E-state index contributed by atoms with van der Waals surface area (Å²) in [7, 11) is 0. The Labute approximate surface area is 224 Å². The van der Waals surface area contributed by atoms with Gasteiger partial charge in [-0.2, -0.15) is 8.78 Å². The fourth-order valence-corrected chi connectivity index (χ4v) is 4.22. The summed E-state index contributed by atoms with van der Waals surface area (Å²) in [6.45, 7) is 8.67. The number of nitrogens with zero attached hydrogens (tertiary/aromatic N) is 7. The van der Waals surface area contributed by atoms with Crippen LogP contribution in [0.2, 0.25) is 0 Å². The first kappa shape index (κ1) is 26.3. The van der Waals surface area contributed by atoms with Crippen LogP contribution in [-0.4, -0.2) is 68.0 Å². The molecule has 1 saturated heterocycles. The molecule has 0 unspecified atom stereocenters. The number of benzene rings is 2. The van der Waals surface area contributed by atoms with Gasteiger partial charge >= 0.3 is 12.5 Å². The summed E-state index contributed by atoms with van der Waals surface area (Å²) in [4.78, 5) is 16.3. The molecule has 1 fully saturated rings. The average Bonchev–Trinajstić information content (AvgIpc) is 3.59. The van der Waals surface area contributed by atoms with Crippen LogP contribution in [0.25, 0.3) is 22.7 Å². The molecule has 0 spiro atoms. The maximum absolute atomic E-state index is 12.7. The molecule has 12 heteroatoms. The number of rotatable bonds is 6. The Morgan fingerprint density at radius 3 is 2.41 bits per heavy atom. The minimum atomic E-state index is -2.80. The van der Waals surface area contributed by atoms with Crippen LogP contribution in [-0.2, 0) is 11.3 Å². The summed E-state index contributed by atoms with van der Waals surface area (Å²) in [5, 5.41) is 15.6. The molecule has 1 aliphatic heterocycles. The normalized spacial score (nSPS) is 14.2. The molecule has 204 valence electrons. The van der Waals surface area contributed by atoms with E-state index >= 15 is 0 Å². The van der Waals surface area contributed by atoms with Crippen LogP contribution in [0.1, 0.15) is 38.7 Å². The molecule has 0 saturated carbocycles. The molecular formula is C27H29F2N7O3. The van der Waals surface area contributed by atoms with Gasteiger partial charge in [-0.3, -0.25) is 0 Å². The predicted molar refractivity (Wildman–Crippen MR) is 139 cm³/mol. The number of piperazine rings is 1. The lowest BCUT2D eigenvalue weighted by Gasteiger charge is -2.36. The minimum absolute atomic E-state index is 0.0472. The Hall–Kier alpha value is -4.35. The summed E-state index contributed by atoms with van der Waals surface area (Å²) in [6, 6.07) is 15.3. The van der Waals surface area contributed by atoms with Crippen molar-refractivity contribution in [1.29, 1.82) is 0 Å². The van der Waals surface area contributed by atoms with Crippen molar-refractivity contribution in [3.05, 3.63) is 66.2 Å². The SMILES string of the molecule is CC(C)(C)OC(=O)N1CCN(c2cccc(-c3cn(Cc4ccc(-c5nnc(C(F)F)o5)cc4)nn3)c2)CC1. The van der Waals surface area contributed by atoms with Crippen LogP contribution in [0, 0.1) is 0 Å². The number of anilines is 1. The maximum atomic E-state index is 12.7. The molecule has 3 heterocycles. The van der Waals surface area contributed by atoms with Gasteiger partial charge in [0.1, 0.15) is 11.3 Å². The van der Waals surface area contributed by atoms with Crippen molar-refractivity contribution in [2.75, 3.05) is 31.1 Å². The fourth-order valence-electron chi connectivity index (χ4n) is 4.22. The number of amides is 1. The highest BCUT2D eigenvalue weighted by Gasteiger charge is 2.26. The molecule has 5 rings (SSSR count). The second-order valence-electron chi connectivity index (χ2n) is 10.2. The van der Waals surface area contributed by atoms with Crippen LogP contribution >= 0.6 is 0 Å². The molecule has 2 aromatic carbocycles. The first-order valence-corrected chi connectivity index (χ1v) is 12.6. The smallest absolute Gasteiger partial charge is 0.410 e. The lowest BCUT2D eigenvalue weighted by Crippen LogP contribution is -2.50. The first-order valence-electron chi connectivity index (χ1n) is 12.6. The van der Waals surface area contributed by atoms with Gasteiger partial charge < -0.3 is 19.0 Å². The summed E-state index contributed by atoms with van der Waals surface area (Å²) < 4.78 is 37.6. The van der Waals surface area contributed by atoms with Crippen LogP contribution in [0.5, 0.6) is 0 Å². The van der Waals surface area contributed by atoms with E-state index in [1.165, 1.54) is 0 Å². The highest BCUT2D eigenvalue weighted by atomic mass is 19.3. The third-order valence-electron chi connectivity index (χ3n) is 6.15. The molecular weight excluding hydrogens is 508 g/mol. The quantitative estimate of drug-likeness (QED) is 0.337. The zero-order chi connectivity index (χ0) is 27.6. The van der Waals surface area contributed by atoms with Crippen LogP contribution in [0.3, 0.4) is 0 Å². The summed E-state index contributed by atoms with van der Waals surface area (Å²) in [5.74, 6) is -0.651. The first-order chi connectivity index (χ1) is 18.6. The van der Waals surface area contributed by atoms with Gasteiger partial charge in [0, 0.05) is 43.0 Å². The molecule has 10 nitrogen and oxygen atoms in total. The molecule has 2 aromatic heterocycles. The van der Waals surface area contributed by atoms with Crippen molar-refractivity contribution in [2.45, 2.75) is 39.3 Å². The van der Waals surface area contributed by atoms with Crippen molar-refractivity contribution in [3.63, 3.8) is 0 Å². The Balaban J connectivity index is 1.20. The van der Waals surface area contributed by atoms with E-state index in [0.717, 1.165) is 22.5 Å². The van der Waals surface area contributed by atoms with Gasteiger partial charge in [0.25, 0.3) is 5.89 Å². The van der Waals surface area contributed by atoms with Crippen molar-refractivity contribution in [1.82, 2.24) is 30.1 Å². The lowest BCUT2D eigenvalue weighted by atomic mass is 10.1. The number of hydrogen-bond donors (Lipinski definition) is 0. The summed E-state index contributed by atoms with van der Waals surface area (Å²) in [6.07, 6.45) is -1.21. The monoisotopic (exact) mass is 537 g/mol. The second-order valence-corrected chi connectivity index (χ2v) is 10.2. The van der Waals surface area contributed by atoms with Crippen LogP contribution in [0.15, 0.2) is 59.1 Å². The standard InChI is InChI=1S/C27H29F2N7O3/c1-27(2,3)39-26(37)35-13-11-34(12-14-35)21-6-4-5-20(15-21)22-17-36(33-30-22)16-18-7-9-19(10-8-18)24-31-32-25(38-24)23(28)29/h4-10,15,17,23H,11-14,16H2,1-3H3. The number of aromatic nitrogens is 5. The Kier molecular flexibility index (Phi) is 7.27. The summed E-state index contributed by atoms with van der Waals surface area (Å²) in [5.41, 5.74) is 3.72. The van der Waals surface area contributed by atoms with Crippen LogP contribution in [0.4, 0.5) is 19.3 Å². The largest absolute Gasteiger partial charge is 0.444 e. The van der Waals surface area contributed by atoms with Gasteiger partial charge in [-0.05, 0) is 50.6 Å². The van der Waals surface area contributed by atoms with E-state index in [1.54, 1.807) is 21.7 Å². The van der Waals surface area contributed by atoms with Gasteiger partial charge in [-0.15, -0.1) is 15.3 Å². The molecule has 4 aromatic rings. The fraction of sp³-hybridized carbons (Fsp3) is 0.370. The maximum Gasteiger partial charge on any atom is 0.410 e. The van der Waals surface area contributed by atoms with Crippen molar-refractivity contribution < 1.29 is 22.7 Å². The highest BCUT2D eigenvalue weighted by Crippen LogP contribution is 2.26. The van der Waals surface area contributed by atoms with Gasteiger partial charge in [0.2, 0.25) is 5.89 Å². The second kappa shape index (κ2) is 10.8. The van der Waals surface area contributed by atoms with E-state index in [9.17, 15) is 13.6 Å². The molecule has 0 bridgehead atoms. The van der Waals surface area contributed by atoms with E-state index in [1.807, 2.05) is 57.3 Å². The third kappa shape index (κ3) is 6.39. The van der Waals surface area contributed by atoms with Crippen molar-refractivity contribution >= 4 is 11.8 Å². The Morgan fingerprint density at radius 1 is 1.00 bits per heavy atom. The predicted octanol–water partition coefficient (Wildman–Crippen LogP) is 5.04. The Morgan fingerprint density at radius 2 is 1.74 bits per heavy atom. The molecule has 0 radical (unpaired) electrons. The van der Waals surface area contributed by atoms with E-state index in [-0.39, 0.29) is 12.0 Å². The zero-order valence-corrected chi connectivity index (χ0v) is 21.9. The molecule has 1 amide bonds. The number of halogens is 2.